The fourth-order valence-corrected chi connectivity index (χ4v) is 3.92. The molecule has 0 bridgehead atoms. The number of pyridine rings is 1. The lowest BCUT2D eigenvalue weighted by Crippen LogP contribution is -2.13. The van der Waals surface area contributed by atoms with Crippen LogP contribution in [0.15, 0.2) is 42.9 Å². The Morgan fingerprint density at radius 1 is 1.12 bits per heavy atom. The Hall–Kier alpha value is -2.94. The molecule has 3 aromatic heterocycles. The first-order chi connectivity index (χ1) is 16.0. The van der Waals surface area contributed by atoms with Gasteiger partial charge in [-0.15, -0.1) is 0 Å². The van der Waals surface area contributed by atoms with E-state index >= 15 is 0 Å². The summed E-state index contributed by atoms with van der Waals surface area (Å²) in [6.07, 6.45) is 5.08. The average molecular weight is 486 g/mol. The van der Waals surface area contributed by atoms with E-state index in [1.165, 1.54) is 6.33 Å². The number of rotatable bonds is 8. The lowest BCUT2D eigenvalue weighted by Gasteiger charge is -2.12. The van der Waals surface area contributed by atoms with Crippen LogP contribution in [0.25, 0.3) is 22.6 Å². The molecule has 1 aliphatic rings. The van der Waals surface area contributed by atoms with Crippen molar-refractivity contribution in [2.24, 2.45) is 0 Å². The Kier molecular flexibility index (Phi) is 5.82. The zero-order valence-corrected chi connectivity index (χ0v) is 19.3. The quantitative estimate of drug-likeness (QED) is 0.391. The lowest BCUT2D eigenvalue weighted by molar-refractivity contribution is 0.194. The van der Waals surface area contributed by atoms with Gasteiger partial charge in [-0.1, -0.05) is 23.2 Å². The summed E-state index contributed by atoms with van der Waals surface area (Å²) in [5.74, 6) is 1.59. The van der Waals surface area contributed by atoms with Gasteiger partial charge in [0, 0.05) is 16.8 Å². The molecule has 5 rings (SSSR count). The maximum Gasteiger partial charge on any atom is 0.245 e. The second kappa shape index (κ2) is 8.78. The molecule has 170 valence electrons. The maximum atomic E-state index is 9.01. The molecule has 1 N–H and O–H groups in total. The van der Waals surface area contributed by atoms with Crippen molar-refractivity contribution in [1.29, 1.82) is 0 Å². The van der Waals surface area contributed by atoms with Crippen LogP contribution in [-0.2, 0) is 6.54 Å². The van der Waals surface area contributed by atoms with E-state index in [9.17, 15) is 0 Å². The second-order valence-electron chi connectivity index (χ2n) is 8.10. The van der Waals surface area contributed by atoms with E-state index in [0.29, 0.717) is 50.8 Å². The summed E-state index contributed by atoms with van der Waals surface area (Å²) < 4.78 is 13.6. The van der Waals surface area contributed by atoms with E-state index in [1.54, 1.807) is 30.5 Å². The maximum absolute atomic E-state index is 9.01. The normalized spacial score (nSPS) is 14.4. The van der Waals surface area contributed by atoms with Crippen molar-refractivity contribution in [1.82, 2.24) is 24.5 Å². The minimum atomic E-state index is -0.219. The molecule has 10 heteroatoms. The van der Waals surface area contributed by atoms with E-state index in [1.807, 2.05) is 10.6 Å². The molecule has 1 aromatic carbocycles. The van der Waals surface area contributed by atoms with Crippen molar-refractivity contribution in [3.8, 4) is 23.0 Å². The third kappa shape index (κ3) is 4.59. The molecule has 33 heavy (non-hydrogen) atoms. The molecule has 1 fully saturated rings. The number of hydrogen-bond acceptors (Lipinski definition) is 7. The third-order valence-corrected chi connectivity index (χ3v) is 5.98. The number of benzene rings is 1. The van der Waals surface area contributed by atoms with Crippen LogP contribution in [-0.4, -0.2) is 48.4 Å². The summed E-state index contributed by atoms with van der Waals surface area (Å²) in [7, 11) is 0. The molecule has 0 saturated heterocycles. The zero-order chi connectivity index (χ0) is 23.0. The van der Waals surface area contributed by atoms with Crippen molar-refractivity contribution >= 4 is 34.4 Å². The molecular weight excluding hydrogens is 465 g/mol. The number of halogens is 2. The van der Waals surface area contributed by atoms with Gasteiger partial charge in [0.15, 0.2) is 11.2 Å². The fraction of sp³-hybridized carbons (Fsp3) is 0.304. The van der Waals surface area contributed by atoms with Crippen LogP contribution >= 0.6 is 23.2 Å². The molecule has 3 heterocycles. The molecule has 4 aromatic rings. The van der Waals surface area contributed by atoms with Crippen LogP contribution in [0.1, 0.15) is 25.5 Å². The van der Waals surface area contributed by atoms with Gasteiger partial charge in [0.25, 0.3) is 0 Å². The van der Waals surface area contributed by atoms with Crippen LogP contribution in [0.5, 0.6) is 11.6 Å². The first-order valence-corrected chi connectivity index (χ1v) is 11.3. The minimum absolute atomic E-state index is 0.0812. The minimum Gasteiger partial charge on any atom is -0.491 e. The van der Waals surface area contributed by atoms with Crippen LogP contribution in [0.3, 0.4) is 0 Å². The summed E-state index contributed by atoms with van der Waals surface area (Å²) in [4.78, 5) is 18.1. The standard InChI is InChI=1S/C23H21Cl2N5O3/c1-23(5-6-23)33-22-19-21(27-13-28-22)30(12-15-10-14(24)4-7-26-15)20(29-19)17-3-2-16(11-18(17)25)32-9-8-31/h2-4,7,10-11,13,31H,5-6,8-9,12H2,1H3. The van der Waals surface area contributed by atoms with Gasteiger partial charge in [-0.2, -0.15) is 4.98 Å². The molecule has 1 saturated carbocycles. The Balaban J connectivity index is 1.64. The summed E-state index contributed by atoms with van der Waals surface area (Å²) in [6, 6.07) is 8.84. The predicted octanol–water partition coefficient (Wildman–Crippen LogP) is 4.55. The Labute approximate surface area is 200 Å². The van der Waals surface area contributed by atoms with Crippen LogP contribution in [0, 0.1) is 0 Å². The van der Waals surface area contributed by atoms with Gasteiger partial charge in [0.1, 0.15) is 30.1 Å². The number of aromatic nitrogens is 5. The molecule has 0 unspecified atom stereocenters. The zero-order valence-electron chi connectivity index (χ0n) is 17.8. The summed E-state index contributed by atoms with van der Waals surface area (Å²) in [6.45, 7) is 2.53. The van der Waals surface area contributed by atoms with Crippen LogP contribution < -0.4 is 9.47 Å². The molecule has 0 atom stereocenters. The van der Waals surface area contributed by atoms with E-state index in [-0.39, 0.29) is 18.8 Å². The van der Waals surface area contributed by atoms with E-state index in [4.69, 9.17) is 42.8 Å². The highest BCUT2D eigenvalue weighted by atomic mass is 35.5. The Morgan fingerprint density at radius 3 is 2.70 bits per heavy atom. The van der Waals surface area contributed by atoms with Gasteiger partial charge in [0.2, 0.25) is 5.88 Å². The Bertz CT molecular complexity index is 1320. The monoisotopic (exact) mass is 485 g/mol. The predicted molar refractivity (Wildman–Crippen MR) is 125 cm³/mol. The molecule has 1 aliphatic carbocycles. The fourth-order valence-electron chi connectivity index (χ4n) is 3.49. The lowest BCUT2D eigenvalue weighted by atomic mass is 10.2. The van der Waals surface area contributed by atoms with Gasteiger partial charge in [-0.3, -0.25) is 4.98 Å². The van der Waals surface area contributed by atoms with Crippen molar-refractivity contribution in [2.45, 2.75) is 31.9 Å². The topological polar surface area (TPSA) is 95.2 Å². The molecular formula is C23H21Cl2N5O3. The smallest absolute Gasteiger partial charge is 0.245 e. The van der Waals surface area contributed by atoms with Crippen molar-refractivity contribution in [2.75, 3.05) is 13.2 Å². The Morgan fingerprint density at radius 2 is 1.97 bits per heavy atom. The van der Waals surface area contributed by atoms with Gasteiger partial charge in [0.05, 0.1) is 23.9 Å². The van der Waals surface area contributed by atoms with Gasteiger partial charge in [-0.05, 0) is 50.1 Å². The number of hydrogen-bond donors (Lipinski definition) is 1. The van der Waals surface area contributed by atoms with E-state index in [2.05, 4.69) is 21.9 Å². The molecule has 8 nitrogen and oxygen atoms in total. The summed E-state index contributed by atoms with van der Waals surface area (Å²) in [5, 5.41) is 10.0. The highest BCUT2D eigenvalue weighted by Gasteiger charge is 2.41. The molecule has 0 amide bonds. The SMILES string of the molecule is CC1(Oc2ncnc3c2nc(-c2ccc(OCCO)cc2Cl)n3Cc2cc(Cl)ccn2)CC1. The number of aliphatic hydroxyl groups excluding tert-OH is 1. The van der Waals surface area contributed by atoms with E-state index < -0.39 is 0 Å². The number of nitrogens with zero attached hydrogens (tertiary/aromatic N) is 5. The highest BCUT2D eigenvalue weighted by molar-refractivity contribution is 6.33. The van der Waals surface area contributed by atoms with Crippen molar-refractivity contribution < 1.29 is 14.6 Å². The first kappa shape index (κ1) is 21.9. The number of imidazole rings is 1. The number of fused-ring (bicyclic) bond motifs is 1. The molecule has 0 aliphatic heterocycles. The highest BCUT2D eigenvalue weighted by Crippen LogP contribution is 2.41. The van der Waals surface area contributed by atoms with Gasteiger partial charge in [-0.25, -0.2) is 9.97 Å². The van der Waals surface area contributed by atoms with Crippen LogP contribution in [0.4, 0.5) is 0 Å². The molecule has 0 spiro atoms. The second-order valence-corrected chi connectivity index (χ2v) is 8.95. The largest absolute Gasteiger partial charge is 0.491 e. The van der Waals surface area contributed by atoms with Crippen LogP contribution in [0.2, 0.25) is 10.0 Å². The van der Waals surface area contributed by atoms with Gasteiger partial charge >= 0.3 is 0 Å². The molecule has 0 radical (unpaired) electrons. The summed E-state index contributed by atoms with van der Waals surface area (Å²) in [5.41, 5.74) is 2.38. The number of ether oxygens (including phenoxy) is 2. The van der Waals surface area contributed by atoms with Gasteiger partial charge < -0.3 is 19.1 Å². The first-order valence-electron chi connectivity index (χ1n) is 10.5. The number of aliphatic hydroxyl groups is 1. The van der Waals surface area contributed by atoms with Crippen molar-refractivity contribution in [3.63, 3.8) is 0 Å². The third-order valence-electron chi connectivity index (χ3n) is 5.44. The van der Waals surface area contributed by atoms with Crippen molar-refractivity contribution in [3.05, 3.63) is 58.6 Å². The van der Waals surface area contributed by atoms with E-state index in [0.717, 1.165) is 18.5 Å². The summed E-state index contributed by atoms with van der Waals surface area (Å²) >= 11 is 12.8. The average Bonchev–Trinajstić information content (AvgIpc) is 3.41.